The highest BCUT2D eigenvalue weighted by Gasteiger charge is 2.39. The molecule has 0 saturated carbocycles. The van der Waals surface area contributed by atoms with Crippen LogP contribution in [0.25, 0.3) is 6.08 Å². The molecule has 1 aromatic heterocycles. The van der Waals surface area contributed by atoms with Crippen molar-refractivity contribution in [1.29, 1.82) is 0 Å². The van der Waals surface area contributed by atoms with Crippen molar-refractivity contribution in [2.45, 2.75) is 25.8 Å². The third kappa shape index (κ3) is 3.11. The van der Waals surface area contributed by atoms with Crippen molar-refractivity contribution in [1.82, 2.24) is 4.90 Å². The van der Waals surface area contributed by atoms with Crippen molar-refractivity contribution in [3.05, 3.63) is 27.3 Å². The van der Waals surface area contributed by atoms with Gasteiger partial charge in [0.05, 0.1) is 4.91 Å². The average Bonchev–Trinajstić information content (AvgIpc) is 2.98. The minimum absolute atomic E-state index is 0.311. The molecule has 4 nitrogen and oxygen atoms in total. The van der Waals surface area contributed by atoms with Crippen LogP contribution in [0.2, 0.25) is 0 Å². The highest BCUT2D eigenvalue weighted by atomic mass is 32.2. The quantitative estimate of drug-likeness (QED) is 0.665. The third-order valence-corrected chi connectivity index (χ3v) is 4.95. The van der Waals surface area contributed by atoms with Gasteiger partial charge in [-0.05, 0) is 23.9 Å². The van der Waals surface area contributed by atoms with Gasteiger partial charge >= 0.3 is 5.97 Å². The lowest BCUT2D eigenvalue weighted by molar-refractivity contribution is -0.145. The van der Waals surface area contributed by atoms with Crippen LogP contribution in [0.3, 0.4) is 0 Å². The molecule has 0 radical (unpaired) electrons. The second-order valence-corrected chi connectivity index (χ2v) is 6.86. The Kier molecular flexibility index (Phi) is 4.95. The molecule has 0 bridgehead atoms. The first-order valence-corrected chi connectivity index (χ1v) is 8.18. The van der Waals surface area contributed by atoms with Gasteiger partial charge in [0.15, 0.2) is 0 Å². The fourth-order valence-corrected chi connectivity index (χ4v) is 3.97. The van der Waals surface area contributed by atoms with Crippen LogP contribution in [0, 0.1) is 0 Å². The summed E-state index contributed by atoms with van der Waals surface area (Å²) in [6, 6.07) is 2.92. The standard InChI is InChI=1S/C13H13NO3S3/c1-2-4-9(12(16)17)14-11(15)10(20-13(14)18)7-8-5-3-6-19-8/h3,5-7,9H,2,4H2,1H3,(H,16,17)/b10-7+/t9-/m0/s1. The highest BCUT2D eigenvalue weighted by molar-refractivity contribution is 8.26. The fourth-order valence-electron chi connectivity index (χ4n) is 1.89. The summed E-state index contributed by atoms with van der Waals surface area (Å²) in [4.78, 5) is 26.3. The Labute approximate surface area is 130 Å². The summed E-state index contributed by atoms with van der Waals surface area (Å²) in [5.41, 5.74) is 0. The first kappa shape index (κ1) is 15.2. The largest absolute Gasteiger partial charge is 0.480 e. The molecule has 1 atom stereocenters. The van der Waals surface area contributed by atoms with Crippen molar-refractivity contribution in [3.8, 4) is 0 Å². The lowest BCUT2D eigenvalue weighted by atomic mass is 10.1. The molecule has 1 saturated heterocycles. The van der Waals surface area contributed by atoms with Gasteiger partial charge in [0, 0.05) is 4.88 Å². The maximum absolute atomic E-state index is 12.4. The summed E-state index contributed by atoms with van der Waals surface area (Å²) in [6.07, 6.45) is 2.83. The minimum Gasteiger partial charge on any atom is -0.480 e. The van der Waals surface area contributed by atoms with Gasteiger partial charge in [-0.3, -0.25) is 9.69 Å². The molecule has 0 aliphatic carbocycles. The maximum atomic E-state index is 12.4. The van der Waals surface area contributed by atoms with Crippen LogP contribution in [0.4, 0.5) is 0 Å². The Balaban J connectivity index is 2.26. The van der Waals surface area contributed by atoms with E-state index in [1.54, 1.807) is 6.08 Å². The number of thiophene rings is 1. The molecule has 7 heteroatoms. The van der Waals surface area contributed by atoms with E-state index in [4.69, 9.17) is 12.2 Å². The Morgan fingerprint density at radius 1 is 1.60 bits per heavy atom. The van der Waals surface area contributed by atoms with Gasteiger partial charge in [0.2, 0.25) is 0 Å². The van der Waals surface area contributed by atoms with Gasteiger partial charge in [-0.15, -0.1) is 11.3 Å². The Morgan fingerprint density at radius 2 is 2.35 bits per heavy atom. The summed E-state index contributed by atoms with van der Waals surface area (Å²) in [6.45, 7) is 1.88. The Morgan fingerprint density at radius 3 is 2.90 bits per heavy atom. The van der Waals surface area contributed by atoms with Crippen LogP contribution >= 0.6 is 35.3 Å². The lowest BCUT2D eigenvalue weighted by Crippen LogP contribution is -2.43. The molecule has 1 aromatic rings. The number of carbonyl (C=O) groups is 2. The smallest absolute Gasteiger partial charge is 0.326 e. The number of thioether (sulfide) groups is 1. The molecular weight excluding hydrogens is 314 g/mol. The number of thiocarbonyl (C=S) groups is 1. The molecule has 1 aliphatic rings. The number of amides is 1. The van der Waals surface area contributed by atoms with Gasteiger partial charge in [0.1, 0.15) is 10.4 Å². The summed E-state index contributed by atoms with van der Waals surface area (Å²) in [7, 11) is 0. The van der Waals surface area contributed by atoms with E-state index >= 15 is 0 Å². The van der Waals surface area contributed by atoms with E-state index in [2.05, 4.69) is 0 Å². The molecule has 0 spiro atoms. The number of nitrogens with zero attached hydrogens (tertiary/aromatic N) is 1. The van der Waals surface area contributed by atoms with Crippen LogP contribution in [0.5, 0.6) is 0 Å². The number of hydrogen-bond donors (Lipinski definition) is 1. The molecule has 1 aliphatic heterocycles. The fraction of sp³-hybridized carbons (Fsp3) is 0.308. The van der Waals surface area contributed by atoms with E-state index in [1.165, 1.54) is 16.2 Å². The third-order valence-electron chi connectivity index (χ3n) is 2.80. The SMILES string of the molecule is CCC[C@@H](C(=O)O)N1C(=O)/C(=C\c2cccs2)SC1=S. The summed E-state index contributed by atoms with van der Waals surface area (Å²) in [5, 5.41) is 11.2. The second kappa shape index (κ2) is 6.51. The van der Waals surface area contributed by atoms with Gasteiger partial charge in [-0.2, -0.15) is 0 Å². The summed E-state index contributed by atoms with van der Waals surface area (Å²) < 4.78 is 0.318. The molecule has 2 rings (SSSR count). The van der Waals surface area contributed by atoms with E-state index < -0.39 is 12.0 Å². The molecule has 20 heavy (non-hydrogen) atoms. The predicted octanol–water partition coefficient (Wildman–Crippen LogP) is 3.20. The van der Waals surface area contributed by atoms with Crippen LogP contribution in [-0.4, -0.2) is 32.2 Å². The molecule has 0 aromatic carbocycles. The Bertz CT molecular complexity index is 565. The molecule has 106 valence electrons. The topological polar surface area (TPSA) is 57.6 Å². The normalized spacial score (nSPS) is 18.9. The monoisotopic (exact) mass is 327 g/mol. The van der Waals surface area contributed by atoms with Gasteiger partial charge in [-0.1, -0.05) is 43.4 Å². The predicted molar refractivity (Wildman–Crippen MR) is 85.7 cm³/mol. The molecular formula is C13H13NO3S3. The van der Waals surface area contributed by atoms with E-state index in [0.717, 1.165) is 16.6 Å². The zero-order valence-corrected chi connectivity index (χ0v) is 13.2. The van der Waals surface area contributed by atoms with E-state index in [9.17, 15) is 14.7 Å². The summed E-state index contributed by atoms with van der Waals surface area (Å²) >= 11 is 7.85. The van der Waals surface area contributed by atoms with Crippen molar-refractivity contribution in [2.24, 2.45) is 0 Å². The molecule has 0 unspecified atom stereocenters. The average molecular weight is 327 g/mol. The van der Waals surface area contributed by atoms with Crippen molar-refractivity contribution in [2.75, 3.05) is 0 Å². The molecule has 2 heterocycles. The number of carboxylic acid groups (broad SMARTS) is 1. The van der Waals surface area contributed by atoms with Crippen LogP contribution in [-0.2, 0) is 9.59 Å². The minimum atomic E-state index is -1.01. The van der Waals surface area contributed by atoms with Crippen molar-refractivity contribution < 1.29 is 14.7 Å². The van der Waals surface area contributed by atoms with Gasteiger partial charge in [0.25, 0.3) is 5.91 Å². The van der Waals surface area contributed by atoms with E-state index in [1.807, 2.05) is 24.4 Å². The number of carbonyl (C=O) groups excluding carboxylic acids is 1. The second-order valence-electron chi connectivity index (χ2n) is 4.21. The molecule has 1 amide bonds. The van der Waals surface area contributed by atoms with E-state index in [0.29, 0.717) is 22.1 Å². The van der Waals surface area contributed by atoms with Crippen molar-refractivity contribution in [3.63, 3.8) is 0 Å². The molecule has 1 N–H and O–H groups in total. The molecule has 1 fully saturated rings. The maximum Gasteiger partial charge on any atom is 0.326 e. The van der Waals surface area contributed by atoms with Crippen LogP contribution < -0.4 is 0 Å². The highest BCUT2D eigenvalue weighted by Crippen LogP contribution is 2.35. The zero-order chi connectivity index (χ0) is 14.7. The Hall–Kier alpha value is -1.18. The number of carboxylic acids is 1. The number of aliphatic carboxylic acids is 1. The van der Waals surface area contributed by atoms with Crippen LogP contribution in [0.1, 0.15) is 24.6 Å². The van der Waals surface area contributed by atoms with E-state index in [-0.39, 0.29) is 5.91 Å². The number of rotatable bonds is 5. The number of hydrogen-bond acceptors (Lipinski definition) is 5. The van der Waals surface area contributed by atoms with Gasteiger partial charge < -0.3 is 5.11 Å². The van der Waals surface area contributed by atoms with Crippen molar-refractivity contribution >= 4 is 57.6 Å². The first-order valence-electron chi connectivity index (χ1n) is 6.08. The zero-order valence-electron chi connectivity index (χ0n) is 10.7. The first-order chi connectivity index (χ1) is 9.54. The van der Waals surface area contributed by atoms with Gasteiger partial charge in [-0.25, -0.2) is 4.79 Å². The lowest BCUT2D eigenvalue weighted by Gasteiger charge is -2.22. The summed E-state index contributed by atoms with van der Waals surface area (Å²) in [5.74, 6) is -1.32. The van der Waals surface area contributed by atoms with Crippen LogP contribution in [0.15, 0.2) is 22.4 Å².